The van der Waals surface area contributed by atoms with E-state index in [1.807, 2.05) is 0 Å². The molecule has 0 spiro atoms. The summed E-state index contributed by atoms with van der Waals surface area (Å²) >= 11 is 1.77. The number of fused-ring (bicyclic) bond motifs is 16. The molecule has 5 heterocycles. The minimum absolute atomic E-state index is 0.408. The Labute approximate surface area is 509 Å². The van der Waals surface area contributed by atoms with Gasteiger partial charge in [-0.3, -0.25) is 0 Å². The lowest BCUT2D eigenvalue weighted by molar-refractivity contribution is 1.02. The molecule has 0 aliphatic carbocycles. The van der Waals surface area contributed by atoms with Crippen molar-refractivity contribution in [3.63, 3.8) is 0 Å². The maximum absolute atomic E-state index is 13.2. The molecule has 0 N–H and O–H groups in total. The van der Waals surface area contributed by atoms with Crippen LogP contribution in [0.3, 0.4) is 0 Å². The van der Waals surface area contributed by atoms with E-state index in [-0.39, 0.29) is 0 Å². The highest BCUT2D eigenvalue weighted by Gasteiger charge is 2.35. The molecule has 7 heteroatoms. The Hall–Kier alpha value is -11.7. The van der Waals surface area contributed by atoms with Crippen molar-refractivity contribution in [2.24, 2.45) is 0 Å². The molecule has 0 saturated carbocycles. The van der Waals surface area contributed by atoms with Crippen molar-refractivity contribution < 1.29 is 0 Å². The Bertz CT molecular complexity index is 6080. The highest BCUT2D eigenvalue weighted by molar-refractivity contribution is 7.26. The molecule has 0 aliphatic heterocycles. The molecule has 0 aliphatic rings. The Morgan fingerprint density at radius 3 is 1.06 bits per heavy atom. The summed E-state index contributed by atoms with van der Waals surface area (Å²) in [6.07, 6.45) is 0. The maximum Gasteiger partial charge on any atom is 0.104 e. The Balaban J connectivity index is 1.11. The second kappa shape index (κ2) is 19.1. The Morgan fingerprint density at radius 1 is 0.273 bits per heavy atom. The van der Waals surface area contributed by atoms with Crippen LogP contribution in [0.15, 0.2) is 273 Å². The largest absolute Gasteiger partial charge is 0.306 e. The highest BCUT2D eigenvalue weighted by Crippen LogP contribution is 2.51. The van der Waals surface area contributed by atoms with Gasteiger partial charge in [-0.25, -0.2) is 0 Å². The first-order chi connectivity index (χ1) is 43.5. The van der Waals surface area contributed by atoms with Gasteiger partial charge >= 0.3 is 0 Å². The number of rotatable bonds is 7. The van der Waals surface area contributed by atoms with E-state index in [9.17, 15) is 10.5 Å². The fourth-order valence-electron chi connectivity index (χ4n) is 14.5. The molecular weight excluding hydrogens is 1090 g/mol. The number of thiophene rings is 1. The summed E-state index contributed by atoms with van der Waals surface area (Å²) in [4.78, 5) is 0. The van der Waals surface area contributed by atoms with Gasteiger partial charge in [0.25, 0.3) is 0 Å². The van der Waals surface area contributed by atoms with E-state index in [4.69, 9.17) is 0 Å². The number of hydrogen-bond acceptors (Lipinski definition) is 3. The molecule has 0 amide bonds. The monoisotopic (exact) mass is 1140 g/mol. The van der Waals surface area contributed by atoms with Crippen LogP contribution in [0.4, 0.5) is 0 Å². The third-order valence-electron chi connectivity index (χ3n) is 18.3. The first-order valence-corrected chi connectivity index (χ1v) is 30.5. The lowest BCUT2D eigenvalue weighted by atomic mass is 9.98. The molecule has 0 saturated heterocycles. The van der Waals surface area contributed by atoms with Gasteiger partial charge in [0.15, 0.2) is 0 Å². The molecule has 88 heavy (non-hydrogen) atoms. The summed E-state index contributed by atoms with van der Waals surface area (Å²) in [5, 5.41) is 36.9. The topological polar surface area (TPSA) is 67.3 Å². The van der Waals surface area contributed by atoms with Gasteiger partial charge in [0, 0.05) is 58.6 Å². The van der Waals surface area contributed by atoms with E-state index in [0.29, 0.717) is 33.9 Å². The van der Waals surface area contributed by atoms with Gasteiger partial charge in [0.1, 0.15) is 23.3 Å². The van der Waals surface area contributed by atoms with Crippen LogP contribution in [-0.2, 0) is 0 Å². The van der Waals surface area contributed by atoms with E-state index in [2.05, 4.69) is 310 Å². The summed E-state index contributed by atoms with van der Waals surface area (Å²) in [7, 11) is 0. The first kappa shape index (κ1) is 49.7. The fourth-order valence-corrected chi connectivity index (χ4v) is 15.7. The second-order valence-corrected chi connectivity index (χ2v) is 24.1. The molecule has 0 atom stereocenters. The van der Waals surface area contributed by atoms with Crippen molar-refractivity contribution in [2.45, 2.75) is 6.92 Å². The molecule has 18 rings (SSSR count). The van der Waals surface area contributed by atoms with Gasteiger partial charge in [-0.15, -0.1) is 11.3 Å². The van der Waals surface area contributed by atoms with Crippen molar-refractivity contribution in [1.29, 1.82) is 10.5 Å². The van der Waals surface area contributed by atoms with Gasteiger partial charge in [-0.2, -0.15) is 10.5 Å². The van der Waals surface area contributed by atoms with Crippen molar-refractivity contribution in [3.05, 3.63) is 290 Å². The van der Waals surface area contributed by atoms with Crippen molar-refractivity contribution in [1.82, 2.24) is 18.3 Å². The molecule has 408 valence electrons. The molecule has 18 aromatic rings. The van der Waals surface area contributed by atoms with Gasteiger partial charge < -0.3 is 18.3 Å². The Morgan fingerprint density at radius 2 is 0.614 bits per heavy atom. The zero-order chi connectivity index (χ0) is 58.3. The van der Waals surface area contributed by atoms with Crippen LogP contribution in [0.25, 0.3) is 164 Å². The summed E-state index contributed by atoms with van der Waals surface area (Å²) < 4.78 is 11.5. The predicted octanol–water partition coefficient (Wildman–Crippen LogP) is 21.5. The minimum Gasteiger partial charge on any atom is -0.306 e. The van der Waals surface area contributed by atoms with Crippen LogP contribution < -0.4 is 0 Å². The SMILES string of the molecule is Cc1ccc2c(c1)c1ccc3c4ccccc4sc3c1n2-c1c(C#N)c(-n2c3ccccc3c3cc(-c4ccccc4)ccc32)c(-n2c3ccccc3c3cc(-c4ccccc4)ccc32)c(C#N)c1-n1c2ccccc2c2cc(-c3ccccc3)ccc21. The van der Waals surface area contributed by atoms with Crippen molar-refractivity contribution >= 4 is 119 Å². The fraction of sp³-hybridized carbons (Fsp3) is 0.0123. The molecule has 0 unspecified atom stereocenters. The predicted molar refractivity (Wildman–Crippen MR) is 367 cm³/mol. The smallest absolute Gasteiger partial charge is 0.104 e. The lowest BCUT2D eigenvalue weighted by Crippen LogP contribution is -2.16. The van der Waals surface area contributed by atoms with Gasteiger partial charge in [-0.1, -0.05) is 206 Å². The zero-order valence-corrected chi connectivity index (χ0v) is 48.4. The van der Waals surface area contributed by atoms with Gasteiger partial charge in [-0.05, 0) is 113 Å². The zero-order valence-electron chi connectivity index (χ0n) is 47.6. The highest BCUT2D eigenvalue weighted by atomic mass is 32.1. The molecule has 0 bridgehead atoms. The average Bonchev–Trinajstić information content (AvgIpc) is 1.48. The number of benzene rings is 13. The lowest BCUT2D eigenvalue weighted by Gasteiger charge is -2.27. The molecule has 5 aromatic heterocycles. The standard InChI is InChI=1S/C81H48N6S/c1-49-33-39-74-62(43-49)60-37-38-61-59-28-14-18-32-75(59)88-81(61)80(60)87(74)79-67(48-83)77(85-69-30-16-12-26-57(69)64-45-54(35-41-72(64)85)51-21-7-3-8-22-51)76(84-68-29-15-11-25-56(68)63-44-53(34-40-71(63)84)50-19-5-2-6-20-50)66(47-82)78(79)86-70-31-17-13-27-58(70)65-46-55(36-42-73(65)86)52-23-9-4-10-24-52/h2-46H,1H3. The minimum atomic E-state index is 0.408. The summed E-state index contributed by atoms with van der Waals surface area (Å²) in [6.45, 7) is 2.15. The third kappa shape index (κ3) is 7.08. The summed E-state index contributed by atoms with van der Waals surface area (Å²) in [5.41, 5.74) is 18.3. The normalized spacial score (nSPS) is 11.9. The summed E-state index contributed by atoms with van der Waals surface area (Å²) in [6, 6.07) is 103. The number of hydrogen-bond donors (Lipinski definition) is 0. The molecular formula is C81H48N6S. The molecule has 6 nitrogen and oxygen atoms in total. The van der Waals surface area contributed by atoms with E-state index < -0.39 is 0 Å². The Kier molecular flexibility index (Phi) is 10.8. The number of aromatic nitrogens is 4. The quantitative estimate of drug-likeness (QED) is 0.160. The molecule has 0 radical (unpaired) electrons. The van der Waals surface area contributed by atoms with Crippen molar-refractivity contribution in [2.75, 3.05) is 0 Å². The van der Waals surface area contributed by atoms with Crippen LogP contribution in [0.2, 0.25) is 0 Å². The number of aryl methyl sites for hydroxylation is 1. The summed E-state index contributed by atoms with van der Waals surface area (Å²) in [5.74, 6) is 0. The van der Waals surface area contributed by atoms with Crippen LogP contribution >= 0.6 is 11.3 Å². The molecule has 13 aromatic carbocycles. The van der Waals surface area contributed by atoms with Gasteiger partial charge in [0.05, 0.1) is 71.6 Å². The van der Waals surface area contributed by atoms with E-state index in [1.54, 1.807) is 11.3 Å². The molecule has 0 fully saturated rings. The second-order valence-electron chi connectivity index (χ2n) is 23.0. The third-order valence-corrected chi connectivity index (χ3v) is 19.5. The maximum atomic E-state index is 13.2. The number of nitriles is 2. The van der Waals surface area contributed by atoms with Crippen LogP contribution in [0.1, 0.15) is 16.7 Å². The van der Waals surface area contributed by atoms with Crippen LogP contribution in [-0.4, -0.2) is 18.3 Å². The first-order valence-electron chi connectivity index (χ1n) is 29.7. The average molecular weight is 1140 g/mol. The van der Waals surface area contributed by atoms with Crippen LogP contribution in [0.5, 0.6) is 0 Å². The van der Waals surface area contributed by atoms with Crippen LogP contribution in [0, 0.1) is 29.6 Å². The van der Waals surface area contributed by atoms with Gasteiger partial charge in [0.2, 0.25) is 0 Å². The van der Waals surface area contributed by atoms with E-state index >= 15 is 0 Å². The van der Waals surface area contributed by atoms with E-state index in [0.717, 1.165) is 136 Å². The number of para-hydroxylation sites is 3. The van der Waals surface area contributed by atoms with Crippen molar-refractivity contribution in [3.8, 4) is 68.3 Å². The number of nitrogens with zero attached hydrogens (tertiary/aromatic N) is 6. The van der Waals surface area contributed by atoms with E-state index in [1.165, 1.54) is 10.1 Å².